The number of H-pyrrole nitrogens is 1. The SMILES string of the molecule is CCC1(c2nc3ccc(OC)cc3[nH]2)CCNCC1. The van der Waals surface area contributed by atoms with Crippen LogP contribution in [0.2, 0.25) is 0 Å². The monoisotopic (exact) mass is 259 g/mol. The summed E-state index contributed by atoms with van der Waals surface area (Å²) >= 11 is 0. The highest BCUT2D eigenvalue weighted by Gasteiger charge is 2.34. The largest absolute Gasteiger partial charge is 0.497 e. The highest BCUT2D eigenvalue weighted by atomic mass is 16.5. The number of nitrogens with zero attached hydrogens (tertiary/aromatic N) is 1. The molecule has 0 unspecified atom stereocenters. The van der Waals surface area contributed by atoms with E-state index in [2.05, 4.69) is 17.2 Å². The third-order valence-corrected chi connectivity index (χ3v) is 4.43. The molecule has 1 aromatic carbocycles. The van der Waals surface area contributed by atoms with Gasteiger partial charge in [-0.3, -0.25) is 0 Å². The van der Waals surface area contributed by atoms with Crippen molar-refractivity contribution in [3.8, 4) is 5.75 Å². The molecule has 1 fully saturated rings. The van der Waals surface area contributed by atoms with Crippen molar-refractivity contribution in [3.05, 3.63) is 24.0 Å². The zero-order valence-electron chi connectivity index (χ0n) is 11.6. The van der Waals surface area contributed by atoms with Gasteiger partial charge in [0.1, 0.15) is 11.6 Å². The van der Waals surface area contributed by atoms with Crippen LogP contribution in [0.3, 0.4) is 0 Å². The van der Waals surface area contributed by atoms with Crippen molar-refractivity contribution < 1.29 is 4.74 Å². The summed E-state index contributed by atoms with van der Waals surface area (Å²) in [5.41, 5.74) is 2.31. The molecule has 0 saturated carbocycles. The van der Waals surface area contributed by atoms with E-state index >= 15 is 0 Å². The van der Waals surface area contributed by atoms with Gasteiger partial charge in [0.15, 0.2) is 0 Å². The van der Waals surface area contributed by atoms with Crippen LogP contribution < -0.4 is 10.1 Å². The summed E-state index contributed by atoms with van der Waals surface area (Å²) < 4.78 is 5.27. The van der Waals surface area contributed by atoms with Crippen LogP contribution in [0.1, 0.15) is 32.0 Å². The number of benzene rings is 1. The number of piperidine rings is 1. The second-order valence-electron chi connectivity index (χ2n) is 5.35. The second kappa shape index (κ2) is 4.85. The van der Waals surface area contributed by atoms with E-state index in [0.717, 1.165) is 55.0 Å². The third kappa shape index (κ3) is 2.10. The number of nitrogens with one attached hydrogen (secondary N) is 2. The highest BCUT2D eigenvalue weighted by Crippen LogP contribution is 2.36. The zero-order valence-corrected chi connectivity index (χ0v) is 11.6. The molecular formula is C15H21N3O. The smallest absolute Gasteiger partial charge is 0.121 e. The number of rotatable bonds is 3. The van der Waals surface area contributed by atoms with Gasteiger partial charge in [0.25, 0.3) is 0 Å². The summed E-state index contributed by atoms with van der Waals surface area (Å²) in [6.45, 7) is 4.42. The Morgan fingerprint density at radius 1 is 1.32 bits per heavy atom. The molecule has 0 atom stereocenters. The van der Waals surface area contributed by atoms with Crippen LogP contribution in [-0.2, 0) is 5.41 Å². The average Bonchev–Trinajstić information content (AvgIpc) is 2.91. The van der Waals surface area contributed by atoms with Gasteiger partial charge in [-0.15, -0.1) is 0 Å². The van der Waals surface area contributed by atoms with E-state index in [-0.39, 0.29) is 5.41 Å². The van der Waals surface area contributed by atoms with Gasteiger partial charge in [0.2, 0.25) is 0 Å². The van der Waals surface area contributed by atoms with E-state index in [4.69, 9.17) is 9.72 Å². The van der Waals surface area contributed by atoms with Crippen molar-refractivity contribution in [2.45, 2.75) is 31.6 Å². The Hall–Kier alpha value is -1.55. The first-order valence-corrected chi connectivity index (χ1v) is 7.02. The summed E-state index contributed by atoms with van der Waals surface area (Å²) in [6.07, 6.45) is 3.44. The molecule has 1 aliphatic heterocycles. The minimum atomic E-state index is 0.206. The summed E-state index contributed by atoms with van der Waals surface area (Å²) in [7, 11) is 1.69. The van der Waals surface area contributed by atoms with Gasteiger partial charge in [-0.2, -0.15) is 0 Å². The van der Waals surface area contributed by atoms with Crippen LogP contribution in [0.5, 0.6) is 5.75 Å². The minimum Gasteiger partial charge on any atom is -0.497 e. The van der Waals surface area contributed by atoms with Gasteiger partial charge >= 0.3 is 0 Å². The van der Waals surface area contributed by atoms with Crippen LogP contribution in [0.4, 0.5) is 0 Å². The lowest BCUT2D eigenvalue weighted by Crippen LogP contribution is -2.40. The van der Waals surface area contributed by atoms with Crippen molar-refractivity contribution in [2.75, 3.05) is 20.2 Å². The predicted molar refractivity (Wildman–Crippen MR) is 76.7 cm³/mol. The van der Waals surface area contributed by atoms with E-state index in [1.165, 1.54) is 0 Å². The Balaban J connectivity index is 2.03. The topological polar surface area (TPSA) is 49.9 Å². The quantitative estimate of drug-likeness (QED) is 0.890. The molecule has 2 N–H and O–H groups in total. The Morgan fingerprint density at radius 2 is 2.11 bits per heavy atom. The first kappa shape index (κ1) is 12.5. The lowest BCUT2D eigenvalue weighted by atomic mass is 9.76. The summed E-state index contributed by atoms with van der Waals surface area (Å²) in [5.74, 6) is 2.01. The maximum absolute atomic E-state index is 5.27. The van der Waals surface area contributed by atoms with Crippen LogP contribution in [0.15, 0.2) is 18.2 Å². The number of hydrogen-bond acceptors (Lipinski definition) is 3. The van der Waals surface area contributed by atoms with E-state index in [9.17, 15) is 0 Å². The number of aromatic nitrogens is 2. The molecule has 0 aliphatic carbocycles. The molecule has 19 heavy (non-hydrogen) atoms. The lowest BCUT2D eigenvalue weighted by molar-refractivity contribution is 0.285. The molecule has 0 spiro atoms. The van der Waals surface area contributed by atoms with Crippen LogP contribution in [0, 0.1) is 0 Å². The molecule has 0 bridgehead atoms. The average molecular weight is 259 g/mol. The Labute approximate surface area is 113 Å². The predicted octanol–water partition coefficient (Wildman–Crippen LogP) is 2.60. The van der Waals surface area contributed by atoms with Crippen molar-refractivity contribution in [3.63, 3.8) is 0 Å². The van der Waals surface area contributed by atoms with Gasteiger partial charge < -0.3 is 15.0 Å². The number of ether oxygens (including phenoxy) is 1. The normalized spacial score (nSPS) is 18.6. The van der Waals surface area contributed by atoms with Crippen molar-refractivity contribution in [1.29, 1.82) is 0 Å². The van der Waals surface area contributed by atoms with Gasteiger partial charge in [-0.1, -0.05) is 6.92 Å². The molecule has 4 nitrogen and oxygen atoms in total. The van der Waals surface area contributed by atoms with Crippen LogP contribution >= 0.6 is 0 Å². The third-order valence-electron chi connectivity index (χ3n) is 4.43. The van der Waals surface area contributed by atoms with Crippen molar-refractivity contribution in [1.82, 2.24) is 15.3 Å². The summed E-state index contributed by atoms with van der Waals surface area (Å²) in [4.78, 5) is 8.33. The maximum Gasteiger partial charge on any atom is 0.121 e. The van der Waals surface area contributed by atoms with Gasteiger partial charge in [-0.05, 0) is 44.5 Å². The molecule has 0 radical (unpaired) electrons. The molecule has 102 valence electrons. The Bertz CT molecular complexity index is 570. The van der Waals surface area contributed by atoms with E-state index in [0.29, 0.717) is 0 Å². The van der Waals surface area contributed by atoms with E-state index in [1.54, 1.807) is 7.11 Å². The van der Waals surface area contributed by atoms with E-state index < -0.39 is 0 Å². The molecule has 1 aromatic heterocycles. The molecule has 0 amide bonds. The van der Waals surface area contributed by atoms with Gasteiger partial charge in [-0.25, -0.2) is 4.98 Å². The van der Waals surface area contributed by atoms with E-state index in [1.807, 2.05) is 18.2 Å². The van der Waals surface area contributed by atoms with Crippen LogP contribution in [0.25, 0.3) is 11.0 Å². The fraction of sp³-hybridized carbons (Fsp3) is 0.533. The molecule has 3 rings (SSSR count). The Morgan fingerprint density at radius 3 is 2.79 bits per heavy atom. The summed E-state index contributed by atoms with van der Waals surface area (Å²) in [6, 6.07) is 6.02. The molecule has 2 aromatic rings. The van der Waals surface area contributed by atoms with Crippen LogP contribution in [-0.4, -0.2) is 30.2 Å². The number of aromatic amines is 1. The minimum absolute atomic E-state index is 0.206. The van der Waals surface area contributed by atoms with Crippen molar-refractivity contribution in [2.24, 2.45) is 0 Å². The molecule has 2 heterocycles. The number of hydrogen-bond donors (Lipinski definition) is 2. The fourth-order valence-electron chi connectivity index (χ4n) is 3.03. The van der Waals surface area contributed by atoms with Crippen molar-refractivity contribution >= 4 is 11.0 Å². The Kier molecular flexibility index (Phi) is 3.19. The highest BCUT2D eigenvalue weighted by molar-refractivity contribution is 5.77. The molecule has 4 heteroatoms. The maximum atomic E-state index is 5.27. The standard InChI is InChI=1S/C15H21N3O/c1-3-15(6-8-16-9-7-15)14-17-12-5-4-11(19-2)10-13(12)18-14/h4-5,10,16H,3,6-9H2,1-2H3,(H,17,18). The zero-order chi connectivity index (χ0) is 13.3. The summed E-state index contributed by atoms with van der Waals surface area (Å²) in [5, 5.41) is 3.43. The number of methoxy groups -OCH3 is 1. The second-order valence-corrected chi connectivity index (χ2v) is 5.35. The van der Waals surface area contributed by atoms with Gasteiger partial charge in [0.05, 0.1) is 18.1 Å². The first-order valence-electron chi connectivity index (χ1n) is 7.02. The lowest BCUT2D eigenvalue weighted by Gasteiger charge is -2.35. The fourth-order valence-corrected chi connectivity index (χ4v) is 3.03. The number of imidazole rings is 1. The molecule has 1 saturated heterocycles. The number of fused-ring (bicyclic) bond motifs is 1. The first-order chi connectivity index (χ1) is 9.27. The molecule has 1 aliphatic rings. The molecular weight excluding hydrogens is 238 g/mol. The van der Waals surface area contributed by atoms with Gasteiger partial charge in [0, 0.05) is 11.5 Å².